The quantitative estimate of drug-likeness (QED) is 0.568. The van der Waals surface area contributed by atoms with E-state index in [2.05, 4.69) is 20.6 Å². The van der Waals surface area contributed by atoms with Gasteiger partial charge in [-0.3, -0.25) is 4.79 Å². The maximum Gasteiger partial charge on any atom is 0.255 e. The first-order chi connectivity index (χ1) is 12.8. The molecule has 0 aliphatic heterocycles. The smallest absolute Gasteiger partial charge is 0.255 e. The number of benzene rings is 3. The molecule has 0 fully saturated rings. The van der Waals surface area contributed by atoms with Crippen molar-refractivity contribution in [3.63, 3.8) is 0 Å². The number of aromatic nitrogens is 2. The van der Waals surface area contributed by atoms with Crippen molar-refractivity contribution in [3.8, 4) is 0 Å². The standard InChI is InChI=1S/C21H16N4O/c26-21(15-7-3-1-4-8-15)25-17-11-12-19-18(13-17)20(23-14-22-19)24-16-9-5-2-6-10-16/h1-14H,(H,25,26)(H,22,23,24). The summed E-state index contributed by atoms with van der Waals surface area (Å²) in [7, 11) is 0. The summed E-state index contributed by atoms with van der Waals surface area (Å²) in [6.07, 6.45) is 1.52. The van der Waals surface area contributed by atoms with E-state index < -0.39 is 0 Å². The molecular formula is C21H16N4O. The summed E-state index contributed by atoms with van der Waals surface area (Å²) in [5.41, 5.74) is 3.04. The lowest BCUT2D eigenvalue weighted by Crippen LogP contribution is -2.11. The number of carbonyl (C=O) groups excluding carboxylic acids is 1. The Kier molecular flexibility index (Phi) is 4.26. The maximum atomic E-state index is 12.4. The van der Waals surface area contributed by atoms with Crippen molar-refractivity contribution < 1.29 is 4.79 Å². The van der Waals surface area contributed by atoms with Crippen LogP contribution in [0.5, 0.6) is 0 Å². The zero-order valence-electron chi connectivity index (χ0n) is 13.9. The molecule has 0 bridgehead atoms. The Balaban J connectivity index is 1.65. The molecule has 0 aliphatic rings. The van der Waals surface area contributed by atoms with E-state index in [1.165, 1.54) is 6.33 Å². The molecule has 1 heterocycles. The van der Waals surface area contributed by atoms with E-state index in [-0.39, 0.29) is 5.91 Å². The van der Waals surface area contributed by atoms with Crippen LogP contribution in [0.1, 0.15) is 10.4 Å². The van der Waals surface area contributed by atoms with E-state index in [4.69, 9.17) is 0 Å². The first kappa shape index (κ1) is 15.8. The summed E-state index contributed by atoms with van der Waals surface area (Å²) >= 11 is 0. The molecular weight excluding hydrogens is 324 g/mol. The predicted molar refractivity (Wildman–Crippen MR) is 104 cm³/mol. The van der Waals surface area contributed by atoms with Gasteiger partial charge in [0.2, 0.25) is 0 Å². The van der Waals surface area contributed by atoms with Crippen LogP contribution in [-0.2, 0) is 0 Å². The van der Waals surface area contributed by atoms with Crippen molar-refractivity contribution in [1.82, 2.24) is 9.97 Å². The zero-order chi connectivity index (χ0) is 17.8. The highest BCUT2D eigenvalue weighted by atomic mass is 16.1. The number of carbonyl (C=O) groups is 1. The molecule has 0 aliphatic carbocycles. The van der Waals surface area contributed by atoms with E-state index in [0.717, 1.165) is 16.6 Å². The molecule has 126 valence electrons. The van der Waals surface area contributed by atoms with Gasteiger partial charge in [0, 0.05) is 22.3 Å². The van der Waals surface area contributed by atoms with Crippen LogP contribution < -0.4 is 10.6 Å². The highest BCUT2D eigenvalue weighted by Gasteiger charge is 2.09. The SMILES string of the molecule is O=C(Nc1ccc2ncnc(Nc3ccccc3)c2c1)c1ccccc1. The van der Waals surface area contributed by atoms with Gasteiger partial charge in [0.1, 0.15) is 12.1 Å². The Hall–Kier alpha value is -3.73. The highest BCUT2D eigenvalue weighted by molar-refractivity contribution is 6.05. The van der Waals surface area contributed by atoms with Gasteiger partial charge in [-0.25, -0.2) is 9.97 Å². The van der Waals surface area contributed by atoms with Crippen molar-refractivity contribution in [2.75, 3.05) is 10.6 Å². The van der Waals surface area contributed by atoms with Crippen molar-refractivity contribution in [3.05, 3.63) is 90.8 Å². The van der Waals surface area contributed by atoms with E-state index in [0.29, 0.717) is 17.1 Å². The number of nitrogens with one attached hydrogen (secondary N) is 2. The third-order valence-electron chi connectivity index (χ3n) is 3.97. The normalized spacial score (nSPS) is 10.5. The number of hydrogen-bond acceptors (Lipinski definition) is 4. The molecule has 3 aromatic carbocycles. The number of anilines is 3. The fourth-order valence-corrected chi connectivity index (χ4v) is 2.68. The lowest BCUT2D eigenvalue weighted by atomic mass is 10.1. The molecule has 4 aromatic rings. The van der Waals surface area contributed by atoms with Crippen molar-refractivity contribution in [2.24, 2.45) is 0 Å². The lowest BCUT2D eigenvalue weighted by molar-refractivity contribution is 0.102. The van der Waals surface area contributed by atoms with Crippen molar-refractivity contribution in [1.29, 1.82) is 0 Å². The Morgan fingerprint density at radius 1 is 0.769 bits per heavy atom. The van der Waals surface area contributed by atoms with Crippen LogP contribution in [0.15, 0.2) is 85.2 Å². The van der Waals surface area contributed by atoms with Crippen LogP contribution in [0.4, 0.5) is 17.2 Å². The van der Waals surface area contributed by atoms with Gasteiger partial charge in [0.05, 0.1) is 5.52 Å². The Labute approximate surface area is 150 Å². The molecule has 0 atom stereocenters. The van der Waals surface area contributed by atoms with Crippen LogP contribution in [0.25, 0.3) is 10.9 Å². The maximum absolute atomic E-state index is 12.4. The van der Waals surface area contributed by atoms with Crippen LogP contribution >= 0.6 is 0 Å². The van der Waals surface area contributed by atoms with Gasteiger partial charge in [0.25, 0.3) is 5.91 Å². The molecule has 0 saturated carbocycles. The summed E-state index contributed by atoms with van der Waals surface area (Å²) < 4.78 is 0. The van der Waals surface area contributed by atoms with Gasteiger partial charge in [-0.15, -0.1) is 0 Å². The molecule has 5 heteroatoms. The minimum atomic E-state index is -0.153. The van der Waals surface area contributed by atoms with Gasteiger partial charge >= 0.3 is 0 Å². The van der Waals surface area contributed by atoms with E-state index in [9.17, 15) is 4.79 Å². The molecule has 0 saturated heterocycles. The molecule has 5 nitrogen and oxygen atoms in total. The monoisotopic (exact) mass is 340 g/mol. The average molecular weight is 340 g/mol. The fraction of sp³-hybridized carbons (Fsp3) is 0. The summed E-state index contributed by atoms with van der Waals surface area (Å²) in [6, 6.07) is 24.5. The highest BCUT2D eigenvalue weighted by Crippen LogP contribution is 2.26. The van der Waals surface area contributed by atoms with E-state index >= 15 is 0 Å². The lowest BCUT2D eigenvalue weighted by Gasteiger charge is -2.10. The fourth-order valence-electron chi connectivity index (χ4n) is 2.68. The number of fused-ring (bicyclic) bond motifs is 1. The summed E-state index contributed by atoms with van der Waals surface area (Å²) in [5.74, 6) is 0.538. The predicted octanol–water partition coefficient (Wildman–Crippen LogP) is 4.63. The number of nitrogens with zero attached hydrogens (tertiary/aromatic N) is 2. The molecule has 26 heavy (non-hydrogen) atoms. The van der Waals surface area contributed by atoms with Crippen molar-refractivity contribution >= 4 is 34.0 Å². The third kappa shape index (κ3) is 3.37. The van der Waals surface area contributed by atoms with Crippen molar-refractivity contribution in [2.45, 2.75) is 0 Å². The number of hydrogen-bond donors (Lipinski definition) is 2. The minimum Gasteiger partial charge on any atom is -0.340 e. The second-order valence-electron chi connectivity index (χ2n) is 5.77. The van der Waals surface area contributed by atoms with Gasteiger partial charge in [-0.1, -0.05) is 36.4 Å². The zero-order valence-corrected chi connectivity index (χ0v) is 13.9. The largest absolute Gasteiger partial charge is 0.340 e. The Morgan fingerprint density at radius 2 is 1.50 bits per heavy atom. The van der Waals surface area contributed by atoms with Crippen LogP contribution in [0.2, 0.25) is 0 Å². The minimum absolute atomic E-state index is 0.153. The van der Waals surface area contributed by atoms with Gasteiger partial charge in [0.15, 0.2) is 0 Å². The van der Waals surface area contributed by atoms with Crippen LogP contribution in [0.3, 0.4) is 0 Å². The van der Waals surface area contributed by atoms with Gasteiger partial charge < -0.3 is 10.6 Å². The number of para-hydroxylation sites is 1. The van der Waals surface area contributed by atoms with Gasteiger partial charge in [-0.05, 0) is 42.5 Å². The first-order valence-electron chi connectivity index (χ1n) is 8.23. The molecule has 4 rings (SSSR count). The first-order valence-corrected chi connectivity index (χ1v) is 8.23. The topological polar surface area (TPSA) is 66.9 Å². The Morgan fingerprint density at radius 3 is 2.27 bits per heavy atom. The molecule has 1 amide bonds. The summed E-state index contributed by atoms with van der Waals surface area (Å²) in [6.45, 7) is 0. The second kappa shape index (κ2) is 7.03. The second-order valence-corrected chi connectivity index (χ2v) is 5.77. The molecule has 0 unspecified atom stereocenters. The molecule has 1 aromatic heterocycles. The van der Waals surface area contributed by atoms with Gasteiger partial charge in [-0.2, -0.15) is 0 Å². The average Bonchev–Trinajstić information content (AvgIpc) is 2.70. The molecule has 0 radical (unpaired) electrons. The van der Waals surface area contributed by atoms with Crippen LogP contribution in [-0.4, -0.2) is 15.9 Å². The third-order valence-corrected chi connectivity index (χ3v) is 3.97. The molecule has 0 spiro atoms. The summed E-state index contributed by atoms with van der Waals surface area (Å²) in [4.78, 5) is 21.0. The number of amides is 1. The van der Waals surface area contributed by atoms with E-state index in [1.54, 1.807) is 12.1 Å². The molecule has 2 N–H and O–H groups in total. The van der Waals surface area contributed by atoms with E-state index in [1.807, 2.05) is 66.7 Å². The Bertz CT molecular complexity index is 1050. The summed E-state index contributed by atoms with van der Waals surface area (Å²) in [5, 5.41) is 7.05. The number of rotatable bonds is 4. The van der Waals surface area contributed by atoms with Crippen LogP contribution in [0, 0.1) is 0 Å².